The van der Waals surface area contributed by atoms with E-state index >= 15 is 0 Å². The van der Waals surface area contributed by atoms with Gasteiger partial charge in [0, 0.05) is 29.7 Å². The van der Waals surface area contributed by atoms with E-state index < -0.39 is 5.97 Å². The summed E-state index contributed by atoms with van der Waals surface area (Å²) in [6, 6.07) is 7.79. The lowest BCUT2D eigenvalue weighted by molar-refractivity contribution is 0.0665. The van der Waals surface area contributed by atoms with E-state index in [1.54, 1.807) is 13.2 Å². The van der Waals surface area contributed by atoms with Gasteiger partial charge in [-0.3, -0.25) is 0 Å². The normalized spacial score (nSPS) is 10.8. The lowest BCUT2D eigenvalue weighted by Gasteiger charge is -1.95. The van der Waals surface area contributed by atoms with Gasteiger partial charge in [-0.05, 0) is 6.07 Å². The number of hydrogen-bond donors (Lipinski definition) is 3. The third-order valence-corrected chi connectivity index (χ3v) is 2.88. The van der Waals surface area contributed by atoms with E-state index in [0.717, 1.165) is 10.9 Å². The summed E-state index contributed by atoms with van der Waals surface area (Å²) >= 11 is 0. The number of nitrogens with zero attached hydrogens (tertiary/aromatic N) is 1. The van der Waals surface area contributed by atoms with Gasteiger partial charge in [0.25, 0.3) is 6.01 Å². The average Bonchev–Trinajstić information content (AvgIpc) is 3.02. The van der Waals surface area contributed by atoms with Gasteiger partial charge in [0.2, 0.25) is 5.76 Å². The highest BCUT2D eigenvalue weighted by molar-refractivity contribution is 6.00. The van der Waals surface area contributed by atoms with Gasteiger partial charge >= 0.3 is 5.97 Å². The predicted octanol–water partition coefficient (Wildman–Crippen LogP) is 2.56. The molecule has 0 saturated carbocycles. The van der Waals surface area contributed by atoms with Gasteiger partial charge in [-0.2, -0.15) is 4.98 Å². The standard InChI is InChI=1S/C13H11N3O3/c1-14-13-16-10(11(19-13)12(17)18)8-6-15-9-5-3-2-4-7(8)9/h2-6,15H,1H3,(H,14,16)(H,17,18). The third kappa shape index (κ3) is 1.74. The number of rotatable bonds is 3. The van der Waals surface area contributed by atoms with Crippen LogP contribution in [0.2, 0.25) is 0 Å². The van der Waals surface area contributed by atoms with Crippen LogP contribution in [0.3, 0.4) is 0 Å². The number of para-hydroxylation sites is 1. The molecule has 6 heteroatoms. The number of aromatic nitrogens is 2. The van der Waals surface area contributed by atoms with Crippen LogP contribution in [0.25, 0.3) is 22.2 Å². The molecule has 96 valence electrons. The Hall–Kier alpha value is -2.76. The maximum Gasteiger partial charge on any atom is 0.374 e. The highest BCUT2D eigenvalue weighted by atomic mass is 16.4. The van der Waals surface area contributed by atoms with E-state index in [0.29, 0.717) is 11.3 Å². The minimum absolute atomic E-state index is 0.172. The molecule has 0 saturated heterocycles. The predicted molar refractivity (Wildman–Crippen MR) is 70.3 cm³/mol. The van der Waals surface area contributed by atoms with Crippen molar-refractivity contribution in [3.05, 3.63) is 36.2 Å². The van der Waals surface area contributed by atoms with Crippen LogP contribution in [0, 0.1) is 0 Å². The average molecular weight is 257 g/mol. The van der Waals surface area contributed by atoms with Gasteiger partial charge in [-0.15, -0.1) is 0 Å². The fourth-order valence-corrected chi connectivity index (χ4v) is 2.02. The maximum absolute atomic E-state index is 11.2. The molecule has 0 bridgehead atoms. The van der Waals surface area contributed by atoms with Crippen LogP contribution in [0.1, 0.15) is 10.6 Å². The SMILES string of the molecule is CNc1nc(-c2c[nH]c3ccccc23)c(C(=O)O)o1. The first kappa shape index (κ1) is 11.3. The molecule has 0 atom stereocenters. The van der Waals surface area contributed by atoms with Gasteiger partial charge in [-0.1, -0.05) is 18.2 Å². The Kier molecular flexibility index (Phi) is 2.49. The Labute approximate surface area is 108 Å². The largest absolute Gasteiger partial charge is 0.475 e. The molecular formula is C13H11N3O3. The second-order valence-electron chi connectivity index (χ2n) is 4.00. The van der Waals surface area contributed by atoms with Crippen molar-refractivity contribution in [1.29, 1.82) is 0 Å². The van der Waals surface area contributed by atoms with Crippen LogP contribution in [0.4, 0.5) is 6.01 Å². The molecule has 3 aromatic rings. The topological polar surface area (TPSA) is 91.2 Å². The van der Waals surface area contributed by atoms with Gasteiger partial charge < -0.3 is 19.8 Å². The fraction of sp³-hybridized carbons (Fsp3) is 0.0769. The summed E-state index contributed by atoms with van der Waals surface area (Å²) in [5.41, 5.74) is 1.94. The quantitative estimate of drug-likeness (QED) is 0.670. The zero-order chi connectivity index (χ0) is 13.4. The van der Waals surface area contributed by atoms with E-state index in [2.05, 4.69) is 15.3 Å². The van der Waals surface area contributed by atoms with E-state index in [1.165, 1.54) is 0 Å². The second-order valence-corrected chi connectivity index (χ2v) is 4.00. The van der Waals surface area contributed by atoms with Gasteiger partial charge in [-0.25, -0.2) is 4.79 Å². The summed E-state index contributed by atoms with van der Waals surface area (Å²) in [7, 11) is 1.62. The summed E-state index contributed by atoms with van der Waals surface area (Å²) in [5.74, 6) is -1.32. The molecule has 0 aliphatic rings. The summed E-state index contributed by atoms with van der Waals surface area (Å²) in [6.45, 7) is 0. The lowest BCUT2D eigenvalue weighted by atomic mass is 10.1. The summed E-state index contributed by atoms with van der Waals surface area (Å²) in [6.07, 6.45) is 1.73. The number of fused-ring (bicyclic) bond motifs is 1. The van der Waals surface area contributed by atoms with Crippen molar-refractivity contribution in [3.8, 4) is 11.3 Å². The van der Waals surface area contributed by atoms with Crippen LogP contribution in [0.15, 0.2) is 34.9 Å². The molecule has 0 aliphatic heterocycles. The molecule has 0 spiro atoms. The smallest absolute Gasteiger partial charge is 0.374 e. The molecular weight excluding hydrogens is 246 g/mol. The minimum atomic E-state index is -1.14. The first-order valence-electron chi connectivity index (χ1n) is 5.69. The monoisotopic (exact) mass is 257 g/mol. The van der Waals surface area contributed by atoms with E-state index in [9.17, 15) is 9.90 Å². The number of aromatic carboxylic acids is 1. The summed E-state index contributed by atoms with van der Waals surface area (Å²) < 4.78 is 5.16. The minimum Gasteiger partial charge on any atom is -0.475 e. The number of oxazole rings is 1. The van der Waals surface area contributed by atoms with Crippen LogP contribution < -0.4 is 5.32 Å². The first-order valence-corrected chi connectivity index (χ1v) is 5.69. The molecule has 0 radical (unpaired) electrons. The molecule has 3 N–H and O–H groups in total. The van der Waals surface area contributed by atoms with Gasteiger partial charge in [0.15, 0.2) is 0 Å². The molecule has 2 heterocycles. The molecule has 6 nitrogen and oxygen atoms in total. The third-order valence-electron chi connectivity index (χ3n) is 2.88. The molecule has 0 unspecified atom stereocenters. The van der Waals surface area contributed by atoms with Crippen LogP contribution >= 0.6 is 0 Å². The molecule has 19 heavy (non-hydrogen) atoms. The number of carbonyl (C=O) groups is 1. The van der Waals surface area contributed by atoms with Crippen molar-refractivity contribution >= 4 is 22.9 Å². The number of H-pyrrole nitrogens is 1. The lowest BCUT2D eigenvalue weighted by Crippen LogP contribution is -1.96. The number of anilines is 1. The molecule has 0 fully saturated rings. The van der Waals surface area contributed by atoms with Crippen molar-refractivity contribution in [1.82, 2.24) is 9.97 Å². The number of carboxylic acids is 1. The Morgan fingerprint density at radius 1 is 1.42 bits per heavy atom. The molecule has 0 aliphatic carbocycles. The zero-order valence-corrected chi connectivity index (χ0v) is 10.1. The molecule has 3 rings (SSSR count). The van der Waals surface area contributed by atoms with Crippen LogP contribution in [-0.2, 0) is 0 Å². The Morgan fingerprint density at radius 2 is 2.21 bits per heavy atom. The fourth-order valence-electron chi connectivity index (χ4n) is 2.02. The Balaban J connectivity index is 2.26. The molecule has 2 aromatic heterocycles. The highest BCUT2D eigenvalue weighted by Gasteiger charge is 2.22. The first-order chi connectivity index (χ1) is 9.20. The van der Waals surface area contributed by atoms with Gasteiger partial charge in [0.05, 0.1) is 0 Å². The number of aromatic amines is 1. The van der Waals surface area contributed by atoms with Crippen molar-refractivity contribution in [2.24, 2.45) is 0 Å². The van der Waals surface area contributed by atoms with E-state index in [-0.39, 0.29) is 11.8 Å². The number of nitrogens with one attached hydrogen (secondary N) is 2. The van der Waals surface area contributed by atoms with Crippen LogP contribution in [-0.4, -0.2) is 28.1 Å². The van der Waals surface area contributed by atoms with E-state index in [1.807, 2.05) is 24.3 Å². The summed E-state index contributed by atoms with van der Waals surface area (Å²) in [4.78, 5) is 18.5. The number of hydrogen-bond acceptors (Lipinski definition) is 4. The molecule has 0 amide bonds. The van der Waals surface area contributed by atoms with Crippen molar-refractivity contribution < 1.29 is 14.3 Å². The Bertz CT molecular complexity index is 757. The second kappa shape index (κ2) is 4.16. The number of carboxylic acid groups (broad SMARTS) is 1. The number of benzene rings is 1. The zero-order valence-electron chi connectivity index (χ0n) is 10.1. The van der Waals surface area contributed by atoms with Crippen molar-refractivity contribution in [2.75, 3.05) is 12.4 Å². The summed E-state index contributed by atoms with van der Waals surface area (Å²) in [5, 5.41) is 12.8. The highest BCUT2D eigenvalue weighted by Crippen LogP contribution is 2.32. The van der Waals surface area contributed by atoms with Crippen LogP contribution in [0.5, 0.6) is 0 Å². The molecule has 1 aromatic carbocycles. The van der Waals surface area contributed by atoms with Crippen molar-refractivity contribution in [2.45, 2.75) is 0 Å². The maximum atomic E-state index is 11.2. The van der Waals surface area contributed by atoms with Crippen molar-refractivity contribution in [3.63, 3.8) is 0 Å². The Morgan fingerprint density at radius 3 is 2.95 bits per heavy atom. The van der Waals surface area contributed by atoms with E-state index in [4.69, 9.17) is 4.42 Å². The van der Waals surface area contributed by atoms with Gasteiger partial charge in [0.1, 0.15) is 5.69 Å².